The summed E-state index contributed by atoms with van der Waals surface area (Å²) in [5.74, 6) is -0.0897. The lowest BCUT2D eigenvalue weighted by molar-refractivity contribution is -0.120. The van der Waals surface area contributed by atoms with E-state index >= 15 is 0 Å². The number of sulfonamides is 1. The van der Waals surface area contributed by atoms with Crippen LogP contribution in [0.4, 0.5) is 4.39 Å². The Morgan fingerprint density at radius 2 is 1.97 bits per heavy atom. The number of ether oxygens (including phenoxy) is 3. The quantitative estimate of drug-likeness (QED) is 0.581. The number of rotatable bonds is 9. The molecule has 31 heavy (non-hydrogen) atoms. The van der Waals surface area contributed by atoms with Crippen molar-refractivity contribution in [2.75, 3.05) is 46.6 Å². The van der Waals surface area contributed by atoms with Gasteiger partial charge in [0.25, 0.3) is 0 Å². The molecule has 2 aromatic carbocycles. The monoisotopic (exact) mass is 452 g/mol. The maximum atomic E-state index is 13.1. The van der Waals surface area contributed by atoms with Crippen molar-refractivity contribution in [3.05, 3.63) is 53.8 Å². The van der Waals surface area contributed by atoms with Gasteiger partial charge in [-0.2, -0.15) is 4.31 Å². The molecule has 1 amide bonds. The molecule has 0 aromatic heterocycles. The fraction of sp³-hybridized carbons (Fsp3) is 0.381. The summed E-state index contributed by atoms with van der Waals surface area (Å²) < 4.78 is 56.4. The first kappa shape index (κ1) is 23.0. The van der Waals surface area contributed by atoms with Crippen molar-refractivity contribution in [1.82, 2.24) is 9.62 Å². The minimum Gasteiger partial charge on any atom is -0.495 e. The Morgan fingerprint density at radius 1 is 1.19 bits per heavy atom. The number of amides is 1. The average molecular weight is 453 g/mol. The summed E-state index contributed by atoms with van der Waals surface area (Å²) in [5.41, 5.74) is 0.538. The summed E-state index contributed by atoms with van der Waals surface area (Å²) >= 11 is 0. The van der Waals surface area contributed by atoms with Gasteiger partial charge in [-0.3, -0.25) is 4.79 Å². The van der Waals surface area contributed by atoms with Crippen LogP contribution in [0.15, 0.2) is 47.4 Å². The zero-order chi connectivity index (χ0) is 22.3. The summed E-state index contributed by atoms with van der Waals surface area (Å²) in [6.07, 6.45) is -0.00437. The van der Waals surface area contributed by atoms with Gasteiger partial charge in [-0.05, 0) is 29.8 Å². The molecule has 168 valence electrons. The molecule has 0 bridgehead atoms. The first-order valence-corrected chi connectivity index (χ1v) is 11.2. The summed E-state index contributed by atoms with van der Waals surface area (Å²) in [6, 6.07) is 10.4. The van der Waals surface area contributed by atoms with Gasteiger partial charge in [0.2, 0.25) is 15.9 Å². The Hall–Kier alpha value is -2.69. The van der Waals surface area contributed by atoms with Crippen LogP contribution in [0, 0.1) is 5.82 Å². The number of halogens is 1. The minimum atomic E-state index is -3.77. The maximum absolute atomic E-state index is 13.1. The van der Waals surface area contributed by atoms with Gasteiger partial charge in [0, 0.05) is 19.2 Å². The second-order valence-electron chi connectivity index (χ2n) is 6.83. The molecule has 1 aliphatic heterocycles. The topological polar surface area (TPSA) is 94.2 Å². The van der Waals surface area contributed by atoms with Gasteiger partial charge in [0.05, 0.1) is 33.3 Å². The molecule has 3 rings (SSSR count). The highest BCUT2D eigenvalue weighted by Crippen LogP contribution is 2.28. The lowest BCUT2D eigenvalue weighted by Crippen LogP contribution is -2.40. The van der Waals surface area contributed by atoms with Crippen molar-refractivity contribution in [3.63, 3.8) is 0 Å². The molecule has 1 heterocycles. The van der Waals surface area contributed by atoms with Crippen LogP contribution in [-0.2, 0) is 26.0 Å². The number of benzene rings is 2. The van der Waals surface area contributed by atoms with E-state index in [0.717, 1.165) is 0 Å². The Morgan fingerprint density at radius 3 is 2.68 bits per heavy atom. The van der Waals surface area contributed by atoms with Crippen molar-refractivity contribution >= 4 is 15.9 Å². The zero-order valence-corrected chi connectivity index (χ0v) is 18.0. The number of hydrogen-bond acceptors (Lipinski definition) is 6. The molecule has 0 aliphatic carbocycles. The van der Waals surface area contributed by atoms with E-state index < -0.39 is 15.8 Å². The van der Waals surface area contributed by atoms with Crippen LogP contribution in [0.25, 0.3) is 0 Å². The summed E-state index contributed by atoms with van der Waals surface area (Å²) in [6.45, 7) is 1.60. The molecule has 1 saturated heterocycles. The molecular formula is C21H25FN2O6S. The average Bonchev–Trinajstić information content (AvgIpc) is 2.77. The van der Waals surface area contributed by atoms with E-state index in [1.165, 1.54) is 35.7 Å². The van der Waals surface area contributed by atoms with Crippen LogP contribution >= 0.6 is 0 Å². The number of nitrogens with one attached hydrogen (secondary N) is 1. The first-order valence-electron chi connectivity index (χ1n) is 9.80. The normalized spacial score (nSPS) is 14.8. The maximum Gasteiger partial charge on any atom is 0.246 e. The lowest BCUT2D eigenvalue weighted by Gasteiger charge is -2.26. The molecule has 2 aromatic rings. The SMILES string of the molecule is COc1ccc(CC(=O)NCCOc2cccc(F)c2)cc1S(=O)(=O)N1CCOCC1. The van der Waals surface area contributed by atoms with Crippen LogP contribution in [-0.4, -0.2) is 65.2 Å². The van der Waals surface area contributed by atoms with Crippen LogP contribution in [0.3, 0.4) is 0 Å². The van der Waals surface area contributed by atoms with E-state index in [2.05, 4.69) is 5.32 Å². The largest absolute Gasteiger partial charge is 0.495 e. The zero-order valence-electron chi connectivity index (χ0n) is 17.2. The van der Waals surface area contributed by atoms with Gasteiger partial charge in [0.15, 0.2) is 0 Å². The number of nitrogens with zero attached hydrogens (tertiary/aromatic N) is 1. The molecule has 0 unspecified atom stereocenters. The Balaban J connectivity index is 1.59. The van der Waals surface area contributed by atoms with Crippen LogP contribution in [0.2, 0.25) is 0 Å². The smallest absolute Gasteiger partial charge is 0.246 e. The standard InChI is InChI=1S/C21H25FN2O6S/c1-28-19-6-5-16(13-20(19)31(26,27)24-8-11-29-12-9-24)14-21(25)23-7-10-30-18-4-2-3-17(22)15-18/h2-6,13,15H,7-12,14H2,1H3,(H,23,25). The molecule has 0 spiro atoms. The van der Waals surface area contributed by atoms with Gasteiger partial charge in [-0.1, -0.05) is 12.1 Å². The first-order chi connectivity index (χ1) is 14.9. The highest BCUT2D eigenvalue weighted by Gasteiger charge is 2.29. The lowest BCUT2D eigenvalue weighted by atomic mass is 10.1. The van der Waals surface area contributed by atoms with Gasteiger partial charge in [-0.25, -0.2) is 12.8 Å². The van der Waals surface area contributed by atoms with Gasteiger partial charge in [-0.15, -0.1) is 0 Å². The predicted octanol–water partition coefficient (Wildman–Crippen LogP) is 1.59. The third-order valence-electron chi connectivity index (χ3n) is 4.67. The Labute approximate surface area is 181 Å². The van der Waals surface area contributed by atoms with Crippen molar-refractivity contribution in [2.45, 2.75) is 11.3 Å². The summed E-state index contributed by atoms with van der Waals surface area (Å²) in [7, 11) is -2.37. The molecule has 0 saturated carbocycles. The molecule has 1 N–H and O–H groups in total. The summed E-state index contributed by atoms with van der Waals surface area (Å²) in [4.78, 5) is 12.3. The molecule has 10 heteroatoms. The molecule has 8 nitrogen and oxygen atoms in total. The Bertz CT molecular complexity index is 1010. The van der Waals surface area contributed by atoms with Crippen molar-refractivity contribution in [1.29, 1.82) is 0 Å². The fourth-order valence-corrected chi connectivity index (χ4v) is 4.74. The number of methoxy groups -OCH3 is 1. The minimum absolute atomic E-state index is 0.00437. The molecule has 1 aliphatic rings. The van der Waals surface area contributed by atoms with Crippen molar-refractivity contribution in [3.8, 4) is 11.5 Å². The van der Waals surface area contributed by atoms with E-state index in [-0.39, 0.29) is 49.2 Å². The number of carbonyl (C=O) groups excluding carboxylic acids is 1. The molecule has 0 atom stereocenters. The van der Waals surface area contributed by atoms with Gasteiger partial charge in [0.1, 0.15) is 28.8 Å². The molecule has 1 fully saturated rings. The van der Waals surface area contributed by atoms with Crippen LogP contribution < -0.4 is 14.8 Å². The van der Waals surface area contributed by atoms with E-state index in [1.807, 2.05) is 0 Å². The highest BCUT2D eigenvalue weighted by molar-refractivity contribution is 7.89. The predicted molar refractivity (Wildman–Crippen MR) is 111 cm³/mol. The van der Waals surface area contributed by atoms with E-state index in [9.17, 15) is 17.6 Å². The molecule has 0 radical (unpaired) electrons. The van der Waals surface area contributed by atoms with Crippen molar-refractivity contribution < 1.29 is 31.8 Å². The fourth-order valence-electron chi connectivity index (χ4n) is 3.12. The third kappa shape index (κ3) is 6.16. The number of morpholine rings is 1. The van der Waals surface area contributed by atoms with E-state index in [0.29, 0.717) is 24.5 Å². The van der Waals surface area contributed by atoms with Gasteiger partial charge < -0.3 is 19.5 Å². The summed E-state index contributed by atoms with van der Waals surface area (Å²) in [5, 5.41) is 2.70. The third-order valence-corrected chi connectivity index (χ3v) is 6.59. The van der Waals surface area contributed by atoms with Crippen molar-refractivity contribution in [2.24, 2.45) is 0 Å². The number of carbonyl (C=O) groups is 1. The molecular weight excluding hydrogens is 427 g/mol. The second-order valence-corrected chi connectivity index (χ2v) is 8.74. The Kier molecular flexibility index (Phi) is 7.83. The van der Waals surface area contributed by atoms with E-state index in [1.54, 1.807) is 18.2 Å². The van der Waals surface area contributed by atoms with Crippen LogP contribution in [0.5, 0.6) is 11.5 Å². The number of hydrogen-bond donors (Lipinski definition) is 1. The van der Waals surface area contributed by atoms with Crippen LogP contribution in [0.1, 0.15) is 5.56 Å². The van der Waals surface area contributed by atoms with E-state index in [4.69, 9.17) is 14.2 Å². The van der Waals surface area contributed by atoms with Gasteiger partial charge >= 0.3 is 0 Å². The highest BCUT2D eigenvalue weighted by atomic mass is 32.2. The second kappa shape index (κ2) is 10.6.